The molecule has 0 aliphatic rings. The number of nitrogens with zero attached hydrogens (tertiary/aromatic N) is 3. The molecule has 18 heavy (non-hydrogen) atoms. The minimum absolute atomic E-state index is 0.151. The van der Waals surface area contributed by atoms with E-state index in [1.165, 1.54) is 0 Å². The van der Waals surface area contributed by atoms with Gasteiger partial charge < -0.3 is 10.6 Å². The summed E-state index contributed by atoms with van der Waals surface area (Å²) in [6.07, 6.45) is 1.65. The molecule has 1 atom stereocenters. The second-order valence-electron chi connectivity index (χ2n) is 4.11. The fourth-order valence-corrected chi connectivity index (χ4v) is 1.95. The maximum atomic E-state index is 6.00. The Kier molecular flexibility index (Phi) is 3.67. The number of hydrogen-bond donors (Lipinski definition) is 1. The molecule has 0 aliphatic carbocycles. The van der Waals surface area contributed by atoms with E-state index >= 15 is 0 Å². The Labute approximate surface area is 111 Å². The summed E-state index contributed by atoms with van der Waals surface area (Å²) in [5.74, 6) is 1.06. The zero-order valence-electron chi connectivity index (χ0n) is 10.3. The molecule has 0 saturated heterocycles. The molecule has 0 fully saturated rings. The fraction of sp³-hybridized carbons (Fsp3) is 0.231. The number of hydrogen-bond acceptors (Lipinski definition) is 4. The number of rotatable bonds is 3. The summed E-state index contributed by atoms with van der Waals surface area (Å²) in [4.78, 5) is 10.1. The minimum atomic E-state index is 0.151. The Morgan fingerprint density at radius 3 is 2.78 bits per heavy atom. The number of anilines is 2. The molecule has 1 unspecified atom stereocenters. The van der Waals surface area contributed by atoms with Crippen LogP contribution in [0.15, 0.2) is 36.5 Å². The van der Waals surface area contributed by atoms with E-state index in [1.807, 2.05) is 42.3 Å². The molecule has 1 heterocycles. The normalized spacial score (nSPS) is 12.2. The molecule has 1 aromatic heterocycles. The van der Waals surface area contributed by atoms with Crippen LogP contribution < -0.4 is 10.6 Å². The van der Waals surface area contributed by atoms with Crippen LogP contribution in [-0.4, -0.2) is 17.0 Å². The number of aromatic nitrogens is 2. The first-order valence-corrected chi connectivity index (χ1v) is 6.02. The maximum absolute atomic E-state index is 6.00. The molecule has 0 amide bonds. The highest BCUT2D eigenvalue weighted by atomic mass is 35.5. The van der Waals surface area contributed by atoms with Crippen molar-refractivity contribution in [2.75, 3.05) is 17.7 Å². The fourth-order valence-electron chi connectivity index (χ4n) is 1.75. The van der Waals surface area contributed by atoms with Gasteiger partial charge in [0.1, 0.15) is 5.82 Å². The van der Waals surface area contributed by atoms with Gasteiger partial charge in [0.15, 0.2) is 0 Å². The zero-order valence-corrected chi connectivity index (χ0v) is 11.1. The predicted molar refractivity (Wildman–Crippen MR) is 74.7 cm³/mol. The van der Waals surface area contributed by atoms with E-state index in [9.17, 15) is 0 Å². The summed E-state index contributed by atoms with van der Waals surface area (Å²) < 4.78 is 0. The van der Waals surface area contributed by atoms with Gasteiger partial charge in [0.05, 0.1) is 6.04 Å². The van der Waals surface area contributed by atoms with Crippen molar-refractivity contribution in [2.45, 2.75) is 13.0 Å². The lowest BCUT2D eigenvalue weighted by molar-refractivity contribution is 0.728. The van der Waals surface area contributed by atoms with Crippen LogP contribution in [0, 0.1) is 0 Å². The third kappa shape index (κ3) is 2.71. The van der Waals surface area contributed by atoms with Crippen LogP contribution in [0.1, 0.15) is 18.5 Å². The van der Waals surface area contributed by atoms with Crippen molar-refractivity contribution in [3.05, 3.63) is 47.1 Å². The summed E-state index contributed by atoms with van der Waals surface area (Å²) in [6.45, 7) is 2.09. The maximum Gasteiger partial charge on any atom is 0.221 e. The first kappa shape index (κ1) is 12.6. The van der Waals surface area contributed by atoms with Gasteiger partial charge in [-0.15, -0.1) is 0 Å². The second kappa shape index (κ2) is 5.23. The van der Waals surface area contributed by atoms with E-state index in [2.05, 4.69) is 16.9 Å². The monoisotopic (exact) mass is 262 g/mol. The average Bonchev–Trinajstić information content (AvgIpc) is 2.37. The van der Waals surface area contributed by atoms with Crippen LogP contribution in [0.25, 0.3) is 0 Å². The topological polar surface area (TPSA) is 55.0 Å². The van der Waals surface area contributed by atoms with E-state index < -0.39 is 0 Å². The van der Waals surface area contributed by atoms with Crippen LogP contribution in [-0.2, 0) is 0 Å². The first-order chi connectivity index (χ1) is 8.58. The Hall–Kier alpha value is -1.81. The van der Waals surface area contributed by atoms with E-state index in [-0.39, 0.29) is 12.0 Å². The van der Waals surface area contributed by atoms with Crippen molar-refractivity contribution in [2.24, 2.45) is 0 Å². The highest BCUT2D eigenvalue weighted by Crippen LogP contribution is 2.25. The van der Waals surface area contributed by atoms with Crippen molar-refractivity contribution in [1.82, 2.24) is 9.97 Å². The van der Waals surface area contributed by atoms with Crippen molar-refractivity contribution >= 4 is 23.4 Å². The molecule has 5 heteroatoms. The summed E-state index contributed by atoms with van der Waals surface area (Å²) in [7, 11) is 1.97. The molecule has 0 aliphatic heterocycles. The molecule has 0 saturated carbocycles. The molecule has 2 aromatic rings. The van der Waals surface area contributed by atoms with E-state index in [4.69, 9.17) is 17.3 Å². The Morgan fingerprint density at radius 1 is 1.33 bits per heavy atom. The lowest BCUT2D eigenvalue weighted by Gasteiger charge is -2.26. The van der Waals surface area contributed by atoms with Crippen LogP contribution in [0.3, 0.4) is 0 Å². The molecule has 1 aromatic carbocycles. The molecule has 4 nitrogen and oxygen atoms in total. The molecule has 2 rings (SSSR count). The quantitative estimate of drug-likeness (QED) is 0.924. The number of halogens is 1. The smallest absolute Gasteiger partial charge is 0.221 e. The van der Waals surface area contributed by atoms with Crippen LogP contribution in [0.2, 0.25) is 5.02 Å². The molecule has 2 N–H and O–H groups in total. The van der Waals surface area contributed by atoms with Gasteiger partial charge >= 0.3 is 0 Å². The SMILES string of the molecule is CC(c1cccc(Cl)c1)N(C)c1ccnc(N)n1. The standard InChI is InChI=1S/C13H15ClN4/c1-9(10-4-3-5-11(14)8-10)18(2)12-6-7-16-13(15)17-12/h3-9H,1-2H3,(H2,15,16,17). The van der Waals surface area contributed by atoms with Crippen LogP contribution >= 0.6 is 11.6 Å². The summed E-state index contributed by atoms with van der Waals surface area (Å²) in [5.41, 5.74) is 6.72. The zero-order chi connectivity index (χ0) is 13.1. The number of benzene rings is 1. The summed E-state index contributed by atoms with van der Waals surface area (Å²) in [5, 5.41) is 0.731. The van der Waals surface area contributed by atoms with Gasteiger partial charge in [0.2, 0.25) is 5.95 Å². The molecule has 0 spiro atoms. The van der Waals surface area contributed by atoms with Crippen molar-refractivity contribution in [1.29, 1.82) is 0 Å². The van der Waals surface area contributed by atoms with Crippen molar-refractivity contribution < 1.29 is 0 Å². The Balaban J connectivity index is 2.26. The van der Waals surface area contributed by atoms with Crippen molar-refractivity contribution in [3.63, 3.8) is 0 Å². The number of nitrogens with two attached hydrogens (primary N) is 1. The van der Waals surface area contributed by atoms with Gasteiger partial charge in [-0.25, -0.2) is 4.98 Å². The van der Waals surface area contributed by atoms with E-state index in [1.54, 1.807) is 6.20 Å². The highest BCUT2D eigenvalue weighted by molar-refractivity contribution is 6.30. The Bertz CT molecular complexity index is 495. The predicted octanol–water partition coefficient (Wildman–Crippen LogP) is 2.91. The van der Waals surface area contributed by atoms with Gasteiger partial charge in [-0.2, -0.15) is 4.98 Å². The van der Waals surface area contributed by atoms with Gasteiger partial charge in [-0.3, -0.25) is 0 Å². The molecular weight excluding hydrogens is 248 g/mol. The van der Waals surface area contributed by atoms with E-state index in [0.29, 0.717) is 0 Å². The lowest BCUT2D eigenvalue weighted by atomic mass is 10.1. The molecule has 0 bridgehead atoms. The highest BCUT2D eigenvalue weighted by Gasteiger charge is 2.13. The average molecular weight is 263 g/mol. The second-order valence-corrected chi connectivity index (χ2v) is 4.55. The third-order valence-electron chi connectivity index (χ3n) is 2.93. The molecular formula is C13H15ClN4. The van der Waals surface area contributed by atoms with Crippen LogP contribution in [0.5, 0.6) is 0 Å². The molecule has 0 radical (unpaired) electrons. The third-order valence-corrected chi connectivity index (χ3v) is 3.17. The minimum Gasteiger partial charge on any atom is -0.368 e. The van der Waals surface area contributed by atoms with Gasteiger partial charge in [0.25, 0.3) is 0 Å². The Morgan fingerprint density at radius 2 is 2.11 bits per heavy atom. The largest absolute Gasteiger partial charge is 0.368 e. The lowest BCUT2D eigenvalue weighted by Crippen LogP contribution is -2.23. The first-order valence-electron chi connectivity index (χ1n) is 5.65. The van der Waals surface area contributed by atoms with Gasteiger partial charge in [-0.1, -0.05) is 23.7 Å². The van der Waals surface area contributed by atoms with E-state index in [0.717, 1.165) is 16.4 Å². The van der Waals surface area contributed by atoms with Gasteiger partial charge in [-0.05, 0) is 30.7 Å². The molecule has 94 valence electrons. The van der Waals surface area contributed by atoms with Gasteiger partial charge in [0, 0.05) is 18.3 Å². The van der Waals surface area contributed by atoms with Crippen molar-refractivity contribution in [3.8, 4) is 0 Å². The van der Waals surface area contributed by atoms with Crippen LogP contribution in [0.4, 0.5) is 11.8 Å². The summed E-state index contributed by atoms with van der Waals surface area (Å²) >= 11 is 6.00. The number of nitrogen functional groups attached to an aromatic ring is 1. The summed E-state index contributed by atoms with van der Waals surface area (Å²) in [6, 6.07) is 9.77.